The lowest BCUT2D eigenvalue weighted by Gasteiger charge is -2.08. The highest BCUT2D eigenvalue weighted by atomic mass is 35.5. The Morgan fingerprint density at radius 1 is 1.37 bits per heavy atom. The lowest BCUT2D eigenvalue weighted by molar-refractivity contribution is 0.293. The summed E-state index contributed by atoms with van der Waals surface area (Å²) in [6.45, 7) is 2.27. The van der Waals surface area contributed by atoms with Crippen molar-refractivity contribution in [3.8, 4) is 5.88 Å². The van der Waals surface area contributed by atoms with Crippen LogP contribution >= 0.6 is 23.8 Å². The third-order valence-corrected chi connectivity index (χ3v) is 2.96. The Balaban J connectivity index is 2.13. The van der Waals surface area contributed by atoms with Crippen LogP contribution in [0.5, 0.6) is 5.88 Å². The van der Waals surface area contributed by atoms with Crippen LogP contribution in [0.4, 0.5) is 0 Å². The maximum absolute atomic E-state index is 5.91. The van der Waals surface area contributed by atoms with Crippen molar-refractivity contribution in [2.45, 2.75) is 13.5 Å². The highest BCUT2D eigenvalue weighted by Crippen LogP contribution is 2.16. The Labute approximate surface area is 122 Å². The van der Waals surface area contributed by atoms with Crippen LogP contribution in [-0.2, 0) is 6.61 Å². The van der Waals surface area contributed by atoms with Crippen molar-refractivity contribution in [3.63, 3.8) is 0 Å². The summed E-state index contributed by atoms with van der Waals surface area (Å²) in [5.74, 6) is 0.503. The smallest absolute Gasteiger partial charge is 0.214 e. The first kappa shape index (κ1) is 13.8. The van der Waals surface area contributed by atoms with E-state index in [-0.39, 0.29) is 0 Å². The molecular formula is C14H13ClN2OS. The molecule has 0 fully saturated rings. The zero-order valence-corrected chi connectivity index (χ0v) is 12.0. The number of ether oxygens (including phenoxy) is 1. The van der Waals surface area contributed by atoms with Crippen LogP contribution in [0.15, 0.2) is 36.4 Å². The van der Waals surface area contributed by atoms with Crippen molar-refractivity contribution < 1.29 is 4.74 Å². The number of thiocarbonyl (C=S) groups is 1. The van der Waals surface area contributed by atoms with Crippen LogP contribution in [0.1, 0.15) is 16.8 Å². The number of aromatic nitrogens is 1. The van der Waals surface area contributed by atoms with Gasteiger partial charge in [-0.1, -0.05) is 36.0 Å². The maximum atomic E-state index is 5.91. The molecule has 1 aromatic carbocycles. The quantitative estimate of drug-likeness (QED) is 0.879. The van der Waals surface area contributed by atoms with E-state index in [0.29, 0.717) is 22.5 Å². The number of benzene rings is 1. The lowest BCUT2D eigenvalue weighted by Crippen LogP contribution is -2.10. The van der Waals surface area contributed by atoms with E-state index < -0.39 is 0 Å². The fourth-order valence-corrected chi connectivity index (χ4v) is 1.97. The second-order valence-corrected chi connectivity index (χ2v) is 4.99. The van der Waals surface area contributed by atoms with Gasteiger partial charge in [0.15, 0.2) is 0 Å². The van der Waals surface area contributed by atoms with Crippen LogP contribution in [0, 0.1) is 6.92 Å². The van der Waals surface area contributed by atoms with Gasteiger partial charge in [0, 0.05) is 22.3 Å². The molecule has 1 aromatic heterocycles. The lowest BCUT2D eigenvalue weighted by atomic mass is 10.2. The SMILES string of the molecule is Cc1cc(C(N)=S)cc(OCc2cccc(Cl)c2)n1. The molecule has 0 radical (unpaired) electrons. The summed E-state index contributed by atoms with van der Waals surface area (Å²) in [4.78, 5) is 4.61. The van der Waals surface area contributed by atoms with E-state index in [1.807, 2.05) is 37.3 Å². The van der Waals surface area contributed by atoms with Gasteiger partial charge in [-0.15, -0.1) is 0 Å². The number of rotatable bonds is 4. The molecule has 0 atom stereocenters. The average molecular weight is 293 g/mol. The van der Waals surface area contributed by atoms with Gasteiger partial charge in [0.05, 0.1) is 0 Å². The minimum absolute atomic E-state index is 0.332. The Kier molecular flexibility index (Phi) is 4.35. The summed E-state index contributed by atoms with van der Waals surface area (Å²) in [5.41, 5.74) is 8.15. The van der Waals surface area contributed by atoms with E-state index >= 15 is 0 Å². The summed E-state index contributed by atoms with van der Waals surface area (Å²) in [5, 5.41) is 0.683. The van der Waals surface area contributed by atoms with Gasteiger partial charge in [-0.25, -0.2) is 4.98 Å². The van der Waals surface area contributed by atoms with E-state index in [1.165, 1.54) is 0 Å². The molecule has 0 unspecified atom stereocenters. The van der Waals surface area contributed by atoms with Gasteiger partial charge < -0.3 is 10.5 Å². The van der Waals surface area contributed by atoms with Crippen molar-refractivity contribution in [2.24, 2.45) is 5.73 Å². The molecule has 98 valence electrons. The molecule has 0 spiro atoms. The predicted octanol–water partition coefficient (Wildman–Crippen LogP) is 3.26. The third-order valence-electron chi connectivity index (χ3n) is 2.49. The van der Waals surface area contributed by atoms with E-state index in [1.54, 1.807) is 6.07 Å². The van der Waals surface area contributed by atoms with Gasteiger partial charge in [0.1, 0.15) is 11.6 Å². The van der Waals surface area contributed by atoms with Crippen LogP contribution in [0.25, 0.3) is 0 Å². The Morgan fingerprint density at radius 3 is 2.84 bits per heavy atom. The fourth-order valence-electron chi connectivity index (χ4n) is 1.64. The topological polar surface area (TPSA) is 48.1 Å². The van der Waals surface area contributed by atoms with Gasteiger partial charge in [-0.2, -0.15) is 0 Å². The predicted molar refractivity (Wildman–Crippen MR) is 80.6 cm³/mol. The number of nitrogens with zero attached hydrogens (tertiary/aromatic N) is 1. The highest BCUT2D eigenvalue weighted by molar-refractivity contribution is 7.80. The molecule has 2 aromatic rings. The van der Waals surface area contributed by atoms with Crippen molar-refractivity contribution in [1.29, 1.82) is 0 Å². The number of hydrogen-bond donors (Lipinski definition) is 1. The molecule has 2 N–H and O–H groups in total. The number of nitrogens with two attached hydrogens (primary N) is 1. The second kappa shape index (κ2) is 5.99. The Morgan fingerprint density at radius 2 is 2.16 bits per heavy atom. The van der Waals surface area contributed by atoms with Crippen molar-refractivity contribution in [1.82, 2.24) is 4.98 Å². The average Bonchev–Trinajstić information content (AvgIpc) is 2.36. The Hall–Kier alpha value is -1.65. The van der Waals surface area contributed by atoms with Gasteiger partial charge in [0.25, 0.3) is 0 Å². The second-order valence-electron chi connectivity index (χ2n) is 4.12. The van der Waals surface area contributed by atoms with Gasteiger partial charge in [0.2, 0.25) is 5.88 Å². The largest absolute Gasteiger partial charge is 0.473 e. The summed E-state index contributed by atoms with van der Waals surface area (Å²) in [7, 11) is 0. The minimum atomic E-state index is 0.332. The van der Waals surface area contributed by atoms with E-state index in [9.17, 15) is 0 Å². The summed E-state index contributed by atoms with van der Waals surface area (Å²) in [6.07, 6.45) is 0. The maximum Gasteiger partial charge on any atom is 0.214 e. The zero-order chi connectivity index (χ0) is 13.8. The van der Waals surface area contributed by atoms with Crippen molar-refractivity contribution in [3.05, 3.63) is 58.2 Å². The summed E-state index contributed by atoms with van der Waals surface area (Å²) in [6, 6.07) is 11.1. The molecule has 0 bridgehead atoms. The van der Waals surface area contributed by atoms with E-state index in [0.717, 1.165) is 16.8 Å². The molecule has 0 amide bonds. The minimum Gasteiger partial charge on any atom is -0.473 e. The first-order chi connectivity index (χ1) is 9.04. The molecule has 0 saturated heterocycles. The first-order valence-electron chi connectivity index (χ1n) is 5.70. The van der Waals surface area contributed by atoms with E-state index in [4.69, 9.17) is 34.3 Å². The fraction of sp³-hybridized carbons (Fsp3) is 0.143. The van der Waals surface area contributed by atoms with Gasteiger partial charge in [-0.05, 0) is 30.7 Å². The number of hydrogen-bond acceptors (Lipinski definition) is 3. The number of halogens is 1. The van der Waals surface area contributed by atoms with Crippen molar-refractivity contribution >= 4 is 28.8 Å². The van der Waals surface area contributed by atoms with Crippen LogP contribution in [0.2, 0.25) is 5.02 Å². The van der Waals surface area contributed by atoms with Crippen LogP contribution in [0.3, 0.4) is 0 Å². The molecule has 0 aliphatic carbocycles. The normalized spacial score (nSPS) is 10.2. The molecule has 19 heavy (non-hydrogen) atoms. The highest BCUT2D eigenvalue weighted by Gasteiger charge is 2.04. The van der Waals surface area contributed by atoms with Gasteiger partial charge in [-0.3, -0.25) is 0 Å². The molecule has 0 aliphatic heterocycles. The number of aryl methyl sites for hydroxylation is 1. The molecule has 1 heterocycles. The zero-order valence-electron chi connectivity index (χ0n) is 10.4. The van der Waals surface area contributed by atoms with Crippen LogP contribution < -0.4 is 10.5 Å². The monoisotopic (exact) mass is 292 g/mol. The van der Waals surface area contributed by atoms with Crippen LogP contribution in [-0.4, -0.2) is 9.97 Å². The standard InChI is InChI=1S/C14H13ClN2OS/c1-9-5-11(14(16)19)7-13(17-9)18-8-10-3-2-4-12(15)6-10/h2-7H,8H2,1H3,(H2,16,19). The molecule has 0 saturated carbocycles. The first-order valence-corrected chi connectivity index (χ1v) is 6.49. The van der Waals surface area contributed by atoms with Gasteiger partial charge >= 0.3 is 0 Å². The van der Waals surface area contributed by atoms with E-state index in [2.05, 4.69) is 4.98 Å². The summed E-state index contributed by atoms with van der Waals surface area (Å²) < 4.78 is 5.63. The summed E-state index contributed by atoms with van der Waals surface area (Å²) >= 11 is 10.9. The molecule has 2 rings (SSSR count). The Bertz CT molecular complexity index is 616. The number of pyridine rings is 1. The third kappa shape index (κ3) is 3.91. The molecule has 5 heteroatoms. The molecular weight excluding hydrogens is 280 g/mol. The van der Waals surface area contributed by atoms with Crippen molar-refractivity contribution in [2.75, 3.05) is 0 Å². The molecule has 3 nitrogen and oxygen atoms in total. The molecule has 0 aliphatic rings.